The second-order valence-electron chi connectivity index (χ2n) is 5.58. The van der Waals surface area contributed by atoms with Crippen molar-refractivity contribution in [2.45, 2.75) is 25.1 Å². The van der Waals surface area contributed by atoms with Gasteiger partial charge in [-0.25, -0.2) is 14.5 Å². The Bertz CT molecular complexity index is 762. The van der Waals surface area contributed by atoms with E-state index in [4.69, 9.17) is 16.3 Å². The van der Waals surface area contributed by atoms with Crippen LogP contribution in [0.2, 0.25) is 5.02 Å². The smallest absolute Gasteiger partial charge is 0.490 e. The summed E-state index contributed by atoms with van der Waals surface area (Å²) in [6.45, 7) is 0.298. The number of hydrogen-bond donors (Lipinski definition) is 0. The molecule has 2 aromatic rings. The summed E-state index contributed by atoms with van der Waals surface area (Å²) in [6, 6.07) is 5.06. The van der Waals surface area contributed by atoms with Crippen molar-refractivity contribution in [3.8, 4) is 11.4 Å². The van der Waals surface area contributed by atoms with E-state index in [1.807, 2.05) is 0 Å². The molecule has 0 bridgehead atoms. The van der Waals surface area contributed by atoms with Crippen molar-refractivity contribution in [1.82, 2.24) is 19.8 Å². The number of benzene rings is 1. The molecule has 26 heavy (non-hydrogen) atoms. The molecule has 0 amide bonds. The first-order valence-electron chi connectivity index (χ1n) is 7.68. The summed E-state index contributed by atoms with van der Waals surface area (Å²) in [5.74, 6) is -1.67. The monoisotopic (exact) mass is 390 g/mol. The number of aromatic nitrogens is 3. The van der Waals surface area contributed by atoms with Gasteiger partial charge in [0.15, 0.2) is 0 Å². The minimum atomic E-state index is -5.01. The Morgan fingerprint density at radius 1 is 1.27 bits per heavy atom. The van der Waals surface area contributed by atoms with E-state index in [9.17, 15) is 18.0 Å². The average Bonchev–Trinajstić information content (AvgIpc) is 3.12. The zero-order valence-electron chi connectivity index (χ0n) is 13.3. The van der Waals surface area contributed by atoms with Gasteiger partial charge in [-0.1, -0.05) is 11.6 Å². The standard InChI is InChI=1S/C15H14ClF3N4O3/c16-12-2-1-11(7-13(12)23-9-20-8-21-23)25-10-3-5-22(6-4-10)26-14(24)15(17,18)19/h1-2,7-10H,3-6H2. The summed E-state index contributed by atoms with van der Waals surface area (Å²) >= 11 is 6.14. The van der Waals surface area contributed by atoms with E-state index in [1.54, 1.807) is 18.2 Å². The van der Waals surface area contributed by atoms with Crippen LogP contribution in [0.3, 0.4) is 0 Å². The zero-order chi connectivity index (χ0) is 18.7. The first-order valence-corrected chi connectivity index (χ1v) is 8.06. The molecule has 0 aliphatic carbocycles. The Balaban J connectivity index is 1.57. The summed E-state index contributed by atoms with van der Waals surface area (Å²) in [5.41, 5.74) is 0.596. The summed E-state index contributed by atoms with van der Waals surface area (Å²) in [7, 11) is 0. The molecule has 0 spiro atoms. The normalized spacial score (nSPS) is 16.5. The van der Waals surface area contributed by atoms with Crippen molar-refractivity contribution < 1.29 is 27.5 Å². The van der Waals surface area contributed by atoms with Gasteiger partial charge in [-0.15, -0.1) is 5.06 Å². The molecule has 3 rings (SSSR count). The van der Waals surface area contributed by atoms with Gasteiger partial charge in [0.2, 0.25) is 0 Å². The fourth-order valence-electron chi connectivity index (χ4n) is 2.48. The van der Waals surface area contributed by atoms with Crippen LogP contribution in [-0.4, -0.2) is 51.2 Å². The lowest BCUT2D eigenvalue weighted by atomic mass is 10.1. The molecule has 11 heteroatoms. The van der Waals surface area contributed by atoms with Crippen molar-refractivity contribution in [3.63, 3.8) is 0 Å². The molecule has 1 aromatic carbocycles. The lowest BCUT2D eigenvalue weighted by molar-refractivity contribution is -0.243. The Morgan fingerprint density at radius 2 is 2.00 bits per heavy atom. The molecule has 0 radical (unpaired) electrons. The van der Waals surface area contributed by atoms with Crippen molar-refractivity contribution >= 4 is 17.6 Å². The van der Waals surface area contributed by atoms with Crippen molar-refractivity contribution in [3.05, 3.63) is 35.9 Å². The maximum Gasteiger partial charge on any atom is 0.492 e. The molecule has 0 unspecified atom stereocenters. The maximum atomic E-state index is 12.2. The van der Waals surface area contributed by atoms with Gasteiger partial charge < -0.3 is 9.57 Å². The predicted molar refractivity (Wildman–Crippen MR) is 83.7 cm³/mol. The fourth-order valence-corrected chi connectivity index (χ4v) is 2.68. The third-order valence-electron chi connectivity index (χ3n) is 3.73. The number of carbonyl (C=O) groups is 1. The van der Waals surface area contributed by atoms with Crippen LogP contribution in [0, 0.1) is 0 Å². The van der Waals surface area contributed by atoms with Gasteiger partial charge in [-0.3, -0.25) is 0 Å². The van der Waals surface area contributed by atoms with Crippen LogP contribution < -0.4 is 4.74 Å². The third-order valence-corrected chi connectivity index (χ3v) is 4.05. The minimum Gasteiger partial charge on any atom is -0.490 e. The van der Waals surface area contributed by atoms with Gasteiger partial charge in [0.1, 0.15) is 24.5 Å². The SMILES string of the molecule is O=C(ON1CCC(Oc2ccc(Cl)c(-n3cncn3)c2)CC1)C(F)(F)F. The molecule has 0 N–H and O–H groups in total. The fraction of sp³-hybridized carbons (Fsp3) is 0.400. The van der Waals surface area contributed by atoms with Gasteiger partial charge in [0.25, 0.3) is 0 Å². The van der Waals surface area contributed by atoms with Crippen LogP contribution in [0.5, 0.6) is 5.75 Å². The Kier molecular flexibility index (Phi) is 5.33. The highest BCUT2D eigenvalue weighted by atomic mass is 35.5. The molecule has 140 valence electrons. The summed E-state index contributed by atoms with van der Waals surface area (Å²) in [5, 5.41) is 5.48. The minimum absolute atomic E-state index is 0.149. The summed E-state index contributed by atoms with van der Waals surface area (Å²) < 4.78 is 44.0. The quantitative estimate of drug-likeness (QED) is 0.799. The summed E-state index contributed by atoms with van der Waals surface area (Å²) in [4.78, 5) is 19.0. The number of ether oxygens (including phenoxy) is 1. The molecular formula is C15H14ClF3N4O3. The Labute approximate surface area is 151 Å². The Hall–Kier alpha value is -2.33. The molecule has 2 heterocycles. The van der Waals surface area contributed by atoms with E-state index < -0.39 is 12.1 Å². The molecule has 7 nitrogen and oxygen atoms in total. The number of piperidine rings is 1. The lowest BCUT2D eigenvalue weighted by Crippen LogP contribution is -2.42. The second-order valence-corrected chi connectivity index (χ2v) is 5.98. The first kappa shape index (κ1) is 18.5. The highest BCUT2D eigenvalue weighted by molar-refractivity contribution is 6.32. The molecule has 1 aromatic heterocycles. The van der Waals surface area contributed by atoms with Gasteiger partial charge in [-0.05, 0) is 12.1 Å². The second kappa shape index (κ2) is 7.50. The number of carbonyl (C=O) groups excluding carboxylic acids is 1. The largest absolute Gasteiger partial charge is 0.492 e. The van der Waals surface area contributed by atoms with Crippen LogP contribution >= 0.6 is 11.6 Å². The molecule has 1 fully saturated rings. The van der Waals surface area contributed by atoms with Crippen LogP contribution in [0.4, 0.5) is 13.2 Å². The molecule has 0 atom stereocenters. The van der Waals surface area contributed by atoms with Gasteiger partial charge in [0, 0.05) is 32.0 Å². The van der Waals surface area contributed by atoms with Gasteiger partial charge in [0.05, 0.1) is 10.7 Å². The van der Waals surface area contributed by atoms with E-state index in [-0.39, 0.29) is 19.2 Å². The number of rotatable bonds is 4. The number of halogens is 4. The van der Waals surface area contributed by atoms with E-state index in [1.165, 1.54) is 17.3 Å². The van der Waals surface area contributed by atoms with Crippen molar-refractivity contribution in [2.75, 3.05) is 13.1 Å². The van der Waals surface area contributed by atoms with Crippen molar-refractivity contribution in [1.29, 1.82) is 0 Å². The number of nitrogens with zero attached hydrogens (tertiary/aromatic N) is 4. The molecule has 1 aliphatic heterocycles. The van der Waals surface area contributed by atoms with Crippen LogP contribution in [-0.2, 0) is 9.63 Å². The molecule has 1 saturated heterocycles. The zero-order valence-corrected chi connectivity index (χ0v) is 14.1. The summed E-state index contributed by atoms with van der Waals surface area (Å²) in [6.07, 6.45) is -1.53. The molecule has 0 saturated carbocycles. The van der Waals surface area contributed by atoms with Crippen LogP contribution in [0.25, 0.3) is 5.69 Å². The van der Waals surface area contributed by atoms with E-state index in [0.29, 0.717) is 29.3 Å². The number of hydrogen-bond acceptors (Lipinski definition) is 6. The van der Waals surface area contributed by atoms with Gasteiger partial charge in [-0.2, -0.15) is 18.3 Å². The highest BCUT2D eigenvalue weighted by Crippen LogP contribution is 2.27. The van der Waals surface area contributed by atoms with E-state index in [0.717, 1.165) is 5.06 Å². The topological polar surface area (TPSA) is 69.5 Å². The van der Waals surface area contributed by atoms with Crippen LogP contribution in [0.15, 0.2) is 30.9 Å². The van der Waals surface area contributed by atoms with E-state index in [2.05, 4.69) is 14.9 Å². The lowest BCUT2D eigenvalue weighted by Gasteiger charge is -2.30. The van der Waals surface area contributed by atoms with Gasteiger partial charge >= 0.3 is 12.1 Å². The highest BCUT2D eigenvalue weighted by Gasteiger charge is 2.43. The van der Waals surface area contributed by atoms with Crippen molar-refractivity contribution in [2.24, 2.45) is 0 Å². The van der Waals surface area contributed by atoms with Crippen LogP contribution in [0.1, 0.15) is 12.8 Å². The average molecular weight is 391 g/mol. The van der Waals surface area contributed by atoms with E-state index >= 15 is 0 Å². The predicted octanol–water partition coefficient (Wildman–Crippen LogP) is 2.78. The number of alkyl halides is 3. The molecule has 1 aliphatic rings. The molecular weight excluding hydrogens is 377 g/mol. The number of hydroxylamine groups is 2. The third kappa shape index (κ3) is 4.44. The maximum absolute atomic E-state index is 12.2. The Morgan fingerprint density at radius 3 is 2.62 bits per heavy atom. The first-order chi connectivity index (χ1) is 12.3.